The van der Waals surface area contributed by atoms with Crippen LogP contribution < -0.4 is 15.4 Å². The third-order valence-corrected chi connectivity index (χ3v) is 5.62. The smallest absolute Gasteiger partial charge is 0.322 e. The molecule has 32 heavy (non-hydrogen) atoms. The van der Waals surface area contributed by atoms with Gasteiger partial charge in [0.1, 0.15) is 11.5 Å². The molecule has 162 valence electrons. The molecule has 0 saturated carbocycles. The van der Waals surface area contributed by atoms with Crippen LogP contribution in [0.5, 0.6) is 5.75 Å². The van der Waals surface area contributed by atoms with Crippen molar-refractivity contribution in [3.8, 4) is 17.1 Å². The number of imide groups is 1. The Kier molecular flexibility index (Phi) is 4.43. The minimum atomic E-state index is -1.67. The van der Waals surface area contributed by atoms with Gasteiger partial charge in [0.25, 0.3) is 11.8 Å². The Labute approximate surface area is 181 Å². The number of pyridine rings is 1. The van der Waals surface area contributed by atoms with Gasteiger partial charge in [-0.1, -0.05) is 6.07 Å². The van der Waals surface area contributed by atoms with Crippen LogP contribution in [0.3, 0.4) is 0 Å². The van der Waals surface area contributed by atoms with Crippen molar-refractivity contribution in [3.63, 3.8) is 0 Å². The molecular formula is C22H17FN4O5. The second kappa shape index (κ2) is 7.19. The second-order valence-corrected chi connectivity index (χ2v) is 7.50. The first-order chi connectivity index (χ1) is 15.4. The maximum atomic E-state index is 14.7. The third-order valence-electron chi connectivity index (χ3n) is 5.62. The van der Waals surface area contributed by atoms with E-state index in [2.05, 4.69) is 15.6 Å². The largest absolute Gasteiger partial charge is 0.494 e. The standard InChI is InChI=1S/C22H17FN4O5/c1-31-15-5-4-13-10-27(19(28)17(13)18(15)23)11-22(20(29)25-21(30)26-22)16-7-6-14(32-16)12-3-2-8-24-9-12/h2-9H,10-11H2,1H3,(H2,25,26,29,30). The molecule has 1 aromatic carbocycles. The molecule has 2 N–H and O–H groups in total. The van der Waals surface area contributed by atoms with Gasteiger partial charge in [0.15, 0.2) is 17.1 Å². The molecule has 9 nitrogen and oxygen atoms in total. The van der Waals surface area contributed by atoms with Crippen molar-refractivity contribution in [2.24, 2.45) is 0 Å². The summed E-state index contributed by atoms with van der Waals surface area (Å²) >= 11 is 0. The molecule has 4 heterocycles. The number of nitrogens with zero attached hydrogens (tertiary/aromatic N) is 2. The molecule has 5 rings (SSSR count). The van der Waals surface area contributed by atoms with Crippen LogP contribution in [0.1, 0.15) is 21.7 Å². The van der Waals surface area contributed by atoms with Crippen molar-refractivity contribution >= 4 is 17.8 Å². The van der Waals surface area contributed by atoms with Crippen molar-refractivity contribution in [1.82, 2.24) is 20.5 Å². The summed E-state index contributed by atoms with van der Waals surface area (Å²) in [6, 6.07) is 9.06. The van der Waals surface area contributed by atoms with Gasteiger partial charge in [-0.05, 0) is 35.9 Å². The van der Waals surface area contributed by atoms with E-state index in [0.717, 1.165) is 0 Å². The molecule has 0 bridgehead atoms. The fourth-order valence-electron chi connectivity index (χ4n) is 4.05. The van der Waals surface area contributed by atoms with E-state index in [1.165, 1.54) is 18.1 Å². The maximum absolute atomic E-state index is 14.7. The van der Waals surface area contributed by atoms with Gasteiger partial charge in [-0.25, -0.2) is 9.18 Å². The van der Waals surface area contributed by atoms with E-state index in [1.54, 1.807) is 42.7 Å². The SMILES string of the molecule is COc1ccc2c(c1F)C(=O)N(CC1(c3ccc(-c4cccnc4)o3)NC(=O)NC1=O)C2. The average Bonchev–Trinajstić information content (AvgIpc) is 3.47. The van der Waals surface area contributed by atoms with Gasteiger partial charge in [-0.15, -0.1) is 0 Å². The predicted octanol–water partition coefficient (Wildman–Crippen LogP) is 2.18. The Balaban J connectivity index is 1.51. The molecule has 2 aliphatic heterocycles. The fourth-order valence-corrected chi connectivity index (χ4v) is 4.05. The second-order valence-electron chi connectivity index (χ2n) is 7.50. The number of hydrogen-bond acceptors (Lipinski definition) is 6. The molecule has 0 radical (unpaired) electrons. The van der Waals surface area contributed by atoms with E-state index in [-0.39, 0.29) is 30.2 Å². The van der Waals surface area contributed by atoms with Crippen molar-refractivity contribution in [3.05, 3.63) is 71.5 Å². The summed E-state index contributed by atoms with van der Waals surface area (Å²) in [6.07, 6.45) is 3.21. The number of carbonyl (C=O) groups excluding carboxylic acids is 3. The summed E-state index contributed by atoms with van der Waals surface area (Å²) in [5, 5.41) is 4.79. The molecule has 3 aromatic rings. The van der Waals surface area contributed by atoms with Crippen molar-refractivity contribution in [2.75, 3.05) is 13.7 Å². The number of halogens is 1. The molecule has 10 heteroatoms. The van der Waals surface area contributed by atoms with Gasteiger partial charge in [0.05, 0.1) is 19.2 Å². The molecule has 4 amide bonds. The summed E-state index contributed by atoms with van der Waals surface area (Å²) in [5.74, 6) is -1.51. The van der Waals surface area contributed by atoms with Crippen molar-refractivity contribution < 1.29 is 27.9 Å². The number of hydrogen-bond donors (Lipinski definition) is 2. The highest BCUT2D eigenvalue weighted by molar-refractivity contribution is 6.08. The van der Waals surface area contributed by atoms with Gasteiger partial charge < -0.3 is 19.4 Å². The Morgan fingerprint density at radius 1 is 1.22 bits per heavy atom. The Morgan fingerprint density at radius 2 is 2.06 bits per heavy atom. The number of nitrogens with one attached hydrogen (secondary N) is 2. The molecular weight excluding hydrogens is 419 g/mol. The highest BCUT2D eigenvalue weighted by atomic mass is 19.1. The predicted molar refractivity (Wildman–Crippen MR) is 108 cm³/mol. The van der Waals surface area contributed by atoms with Gasteiger partial charge in [0.2, 0.25) is 0 Å². The van der Waals surface area contributed by atoms with Gasteiger partial charge in [-0.3, -0.25) is 19.9 Å². The zero-order valence-electron chi connectivity index (χ0n) is 16.8. The van der Waals surface area contributed by atoms with Gasteiger partial charge >= 0.3 is 6.03 Å². The summed E-state index contributed by atoms with van der Waals surface area (Å²) in [4.78, 5) is 43.3. The molecule has 1 fully saturated rings. The number of carbonyl (C=O) groups is 3. The van der Waals surface area contributed by atoms with E-state index in [0.29, 0.717) is 16.9 Å². The number of amides is 4. The van der Waals surface area contributed by atoms with Crippen LogP contribution in [-0.4, -0.2) is 41.4 Å². The monoisotopic (exact) mass is 436 g/mol. The summed E-state index contributed by atoms with van der Waals surface area (Å²) in [7, 11) is 1.31. The first-order valence-corrected chi connectivity index (χ1v) is 9.72. The van der Waals surface area contributed by atoms with Crippen LogP contribution in [0.25, 0.3) is 11.3 Å². The third kappa shape index (κ3) is 2.91. The Morgan fingerprint density at radius 3 is 2.75 bits per heavy atom. The van der Waals surface area contributed by atoms with Crippen LogP contribution in [0, 0.1) is 5.82 Å². The first-order valence-electron chi connectivity index (χ1n) is 9.72. The van der Waals surface area contributed by atoms with E-state index in [4.69, 9.17) is 9.15 Å². The molecule has 0 aliphatic carbocycles. The van der Waals surface area contributed by atoms with E-state index in [1.807, 2.05) is 0 Å². The van der Waals surface area contributed by atoms with Crippen LogP contribution >= 0.6 is 0 Å². The minimum absolute atomic E-state index is 0.0484. The number of urea groups is 1. The highest BCUT2D eigenvalue weighted by Crippen LogP contribution is 2.36. The number of benzene rings is 1. The molecule has 1 unspecified atom stereocenters. The summed E-state index contributed by atoms with van der Waals surface area (Å²) in [6.45, 7) is -0.185. The zero-order chi connectivity index (χ0) is 22.5. The van der Waals surface area contributed by atoms with Crippen LogP contribution in [-0.2, 0) is 16.9 Å². The van der Waals surface area contributed by atoms with E-state index in [9.17, 15) is 18.8 Å². The fraction of sp³-hybridized carbons (Fsp3) is 0.182. The first kappa shape index (κ1) is 19.7. The molecule has 2 aliphatic rings. The average molecular weight is 436 g/mol. The molecule has 1 saturated heterocycles. The van der Waals surface area contributed by atoms with Crippen LogP contribution in [0.15, 0.2) is 53.2 Å². The number of methoxy groups -OCH3 is 1. The van der Waals surface area contributed by atoms with Crippen LogP contribution in [0.4, 0.5) is 9.18 Å². The number of furan rings is 1. The summed E-state index contributed by atoms with van der Waals surface area (Å²) < 4.78 is 25.6. The lowest BCUT2D eigenvalue weighted by Gasteiger charge is -2.29. The number of fused-ring (bicyclic) bond motifs is 1. The maximum Gasteiger partial charge on any atom is 0.322 e. The molecule has 1 atom stereocenters. The minimum Gasteiger partial charge on any atom is -0.494 e. The van der Waals surface area contributed by atoms with Gasteiger partial charge in [-0.2, -0.15) is 0 Å². The summed E-state index contributed by atoms with van der Waals surface area (Å²) in [5.41, 5.74) is -0.642. The number of rotatable bonds is 5. The lowest BCUT2D eigenvalue weighted by atomic mass is 9.95. The lowest BCUT2D eigenvalue weighted by molar-refractivity contribution is -0.125. The van der Waals surface area contributed by atoms with E-state index < -0.39 is 29.2 Å². The van der Waals surface area contributed by atoms with Crippen molar-refractivity contribution in [1.29, 1.82) is 0 Å². The number of ether oxygens (including phenoxy) is 1. The number of aromatic nitrogens is 1. The van der Waals surface area contributed by atoms with Crippen LogP contribution in [0.2, 0.25) is 0 Å². The van der Waals surface area contributed by atoms with Gasteiger partial charge in [0, 0.05) is 24.5 Å². The topological polar surface area (TPSA) is 114 Å². The Bertz CT molecular complexity index is 1260. The molecule has 0 spiro atoms. The quantitative estimate of drug-likeness (QED) is 0.593. The van der Waals surface area contributed by atoms with Crippen molar-refractivity contribution in [2.45, 2.75) is 12.1 Å². The molecule has 2 aromatic heterocycles. The lowest BCUT2D eigenvalue weighted by Crippen LogP contribution is -2.52. The highest BCUT2D eigenvalue weighted by Gasteiger charge is 2.53. The van der Waals surface area contributed by atoms with E-state index >= 15 is 0 Å². The Hall–Kier alpha value is -4.21. The normalized spacial score (nSPS) is 19.7. The zero-order valence-corrected chi connectivity index (χ0v) is 16.8.